The highest BCUT2D eigenvalue weighted by molar-refractivity contribution is 5.81. The third-order valence-corrected chi connectivity index (χ3v) is 1.97. The van der Waals surface area contributed by atoms with Crippen LogP contribution in [-0.4, -0.2) is 11.1 Å². The van der Waals surface area contributed by atoms with Crippen LogP contribution in [0.25, 0.3) is 6.08 Å². The molecule has 0 fully saturated rings. The van der Waals surface area contributed by atoms with Gasteiger partial charge in [-0.2, -0.15) is 0 Å². The standard InChI is InChI=1S/C13H14O2/c1-10-3-6-12(7-4-10)8-5-11(2)9-13(14)15/h3-9H,1-2H3,(H,14,15). The summed E-state index contributed by atoms with van der Waals surface area (Å²) in [4.78, 5) is 10.4. The van der Waals surface area contributed by atoms with Crippen molar-refractivity contribution in [3.05, 3.63) is 53.1 Å². The van der Waals surface area contributed by atoms with Gasteiger partial charge in [-0.15, -0.1) is 0 Å². The van der Waals surface area contributed by atoms with Gasteiger partial charge in [0.25, 0.3) is 0 Å². The van der Waals surface area contributed by atoms with E-state index in [0.717, 1.165) is 11.1 Å². The van der Waals surface area contributed by atoms with Crippen LogP contribution in [0.5, 0.6) is 0 Å². The zero-order chi connectivity index (χ0) is 11.3. The maximum atomic E-state index is 10.4. The topological polar surface area (TPSA) is 37.3 Å². The minimum atomic E-state index is -0.916. The Balaban J connectivity index is 2.73. The number of carbonyl (C=O) groups is 1. The van der Waals surface area contributed by atoms with Crippen LogP contribution in [0.3, 0.4) is 0 Å². The molecule has 0 aliphatic carbocycles. The number of hydrogen-bond acceptors (Lipinski definition) is 1. The number of allylic oxidation sites excluding steroid dienone is 2. The highest BCUT2D eigenvalue weighted by atomic mass is 16.4. The fourth-order valence-electron chi connectivity index (χ4n) is 1.15. The number of rotatable bonds is 3. The summed E-state index contributed by atoms with van der Waals surface area (Å²) >= 11 is 0. The average molecular weight is 202 g/mol. The molecule has 0 saturated heterocycles. The van der Waals surface area contributed by atoms with Crippen LogP contribution < -0.4 is 0 Å². The summed E-state index contributed by atoms with van der Waals surface area (Å²) in [6.07, 6.45) is 4.87. The van der Waals surface area contributed by atoms with Crippen LogP contribution >= 0.6 is 0 Å². The molecule has 0 aliphatic rings. The zero-order valence-corrected chi connectivity index (χ0v) is 8.90. The second kappa shape index (κ2) is 5.15. The quantitative estimate of drug-likeness (QED) is 0.604. The lowest BCUT2D eigenvalue weighted by Gasteiger charge is -1.94. The number of aliphatic carboxylic acids is 1. The summed E-state index contributed by atoms with van der Waals surface area (Å²) in [6, 6.07) is 8.05. The SMILES string of the molecule is CC(C=Cc1ccc(C)cc1)=CC(=O)O. The molecule has 0 radical (unpaired) electrons. The van der Waals surface area contributed by atoms with Crippen molar-refractivity contribution in [2.24, 2.45) is 0 Å². The maximum absolute atomic E-state index is 10.4. The van der Waals surface area contributed by atoms with E-state index in [9.17, 15) is 4.79 Å². The smallest absolute Gasteiger partial charge is 0.328 e. The van der Waals surface area contributed by atoms with Gasteiger partial charge < -0.3 is 5.11 Å². The number of aryl methyl sites for hydroxylation is 1. The van der Waals surface area contributed by atoms with E-state index in [1.54, 1.807) is 13.0 Å². The summed E-state index contributed by atoms with van der Waals surface area (Å²) in [7, 11) is 0. The van der Waals surface area contributed by atoms with Crippen molar-refractivity contribution in [1.82, 2.24) is 0 Å². The normalized spacial score (nSPS) is 12.0. The molecule has 1 rings (SSSR count). The Morgan fingerprint density at radius 2 is 1.87 bits per heavy atom. The molecule has 78 valence electrons. The van der Waals surface area contributed by atoms with Crippen molar-refractivity contribution in [1.29, 1.82) is 0 Å². The summed E-state index contributed by atoms with van der Waals surface area (Å²) in [5.74, 6) is -0.916. The molecule has 2 heteroatoms. The average Bonchev–Trinajstić information content (AvgIpc) is 2.16. The Kier molecular flexibility index (Phi) is 3.86. The van der Waals surface area contributed by atoms with Gasteiger partial charge >= 0.3 is 5.97 Å². The second-order valence-corrected chi connectivity index (χ2v) is 3.47. The first-order valence-corrected chi connectivity index (χ1v) is 4.74. The molecule has 1 aromatic carbocycles. The molecule has 1 N–H and O–H groups in total. The Labute approximate surface area is 89.6 Å². The van der Waals surface area contributed by atoms with Crippen LogP contribution in [0.15, 0.2) is 42.0 Å². The van der Waals surface area contributed by atoms with E-state index in [4.69, 9.17) is 5.11 Å². The summed E-state index contributed by atoms with van der Waals surface area (Å²) in [5, 5.41) is 8.51. The lowest BCUT2D eigenvalue weighted by Crippen LogP contribution is -1.87. The van der Waals surface area contributed by atoms with Gasteiger partial charge in [-0.05, 0) is 25.0 Å². The van der Waals surface area contributed by atoms with Gasteiger partial charge in [-0.25, -0.2) is 4.79 Å². The molecule has 0 heterocycles. The van der Waals surface area contributed by atoms with Gasteiger partial charge in [0.2, 0.25) is 0 Å². The maximum Gasteiger partial charge on any atom is 0.328 e. The van der Waals surface area contributed by atoms with E-state index < -0.39 is 5.97 Å². The highest BCUT2D eigenvalue weighted by Gasteiger charge is 1.90. The van der Waals surface area contributed by atoms with Crippen molar-refractivity contribution >= 4 is 12.0 Å². The summed E-state index contributed by atoms with van der Waals surface area (Å²) < 4.78 is 0. The van der Waals surface area contributed by atoms with E-state index in [1.807, 2.05) is 37.3 Å². The lowest BCUT2D eigenvalue weighted by atomic mass is 10.1. The number of carboxylic acids is 1. The molecule has 0 unspecified atom stereocenters. The molecule has 0 saturated carbocycles. The van der Waals surface area contributed by atoms with Gasteiger partial charge in [0.1, 0.15) is 0 Å². The minimum absolute atomic E-state index is 0.725. The van der Waals surface area contributed by atoms with Crippen LogP contribution in [0.4, 0.5) is 0 Å². The van der Waals surface area contributed by atoms with Crippen LogP contribution in [0.1, 0.15) is 18.1 Å². The Hall–Kier alpha value is -1.83. The van der Waals surface area contributed by atoms with Gasteiger partial charge in [-0.3, -0.25) is 0 Å². The number of benzene rings is 1. The molecule has 0 spiro atoms. The van der Waals surface area contributed by atoms with E-state index in [-0.39, 0.29) is 0 Å². The first-order valence-electron chi connectivity index (χ1n) is 4.74. The molecular weight excluding hydrogens is 188 g/mol. The van der Waals surface area contributed by atoms with Crippen molar-refractivity contribution in [3.8, 4) is 0 Å². The third-order valence-electron chi connectivity index (χ3n) is 1.97. The monoisotopic (exact) mass is 202 g/mol. The Bertz CT molecular complexity index is 397. The Morgan fingerprint density at radius 1 is 1.27 bits per heavy atom. The zero-order valence-electron chi connectivity index (χ0n) is 8.90. The molecule has 0 bridgehead atoms. The highest BCUT2D eigenvalue weighted by Crippen LogP contribution is 2.07. The fraction of sp³-hybridized carbons (Fsp3) is 0.154. The van der Waals surface area contributed by atoms with Crippen LogP contribution in [0.2, 0.25) is 0 Å². The van der Waals surface area contributed by atoms with Gasteiger partial charge in [0.15, 0.2) is 0 Å². The van der Waals surface area contributed by atoms with Crippen molar-refractivity contribution in [3.63, 3.8) is 0 Å². The molecule has 0 aromatic heterocycles. The first-order chi connectivity index (χ1) is 7.08. The first kappa shape index (κ1) is 11.2. The molecule has 0 atom stereocenters. The van der Waals surface area contributed by atoms with Gasteiger partial charge in [-0.1, -0.05) is 42.0 Å². The van der Waals surface area contributed by atoms with Crippen LogP contribution in [0, 0.1) is 6.92 Å². The number of hydrogen-bond donors (Lipinski definition) is 1. The van der Waals surface area contributed by atoms with E-state index in [0.29, 0.717) is 0 Å². The van der Waals surface area contributed by atoms with Gasteiger partial charge in [0, 0.05) is 6.08 Å². The molecule has 2 nitrogen and oxygen atoms in total. The second-order valence-electron chi connectivity index (χ2n) is 3.47. The minimum Gasteiger partial charge on any atom is -0.478 e. The lowest BCUT2D eigenvalue weighted by molar-refractivity contribution is -0.131. The largest absolute Gasteiger partial charge is 0.478 e. The molecular formula is C13H14O2. The van der Waals surface area contributed by atoms with E-state index in [1.165, 1.54) is 11.6 Å². The van der Waals surface area contributed by atoms with Crippen molar-refractivity contribution in [2.45, 2.75) is 13.8 Å². The number of carboxylic acid groups (broad SMARTS) is 1. The predicted octanol–water partition coefficient (Wildman–Crippen LogP) is 3.04. The molecule has 0 amide bonds. The van der Waals surface area contributed by atoms with Gasteiger partial charge in [0.05, 0.1) is 0 Å². The molecule has 15 heavy (non-hydrogen) atoms. The van der Waals surface area contributed by atoms with E-state index >= 15 is 0 Å². The van der Waals surface area contributed by atoms with Crippen molar-refractivity contribution < 1.29 is 9.90 Å². The summed E-state index contributed by atoms with van der Waals surface area (Å²) in [6.45, 7) is 3.79. The van der Waals surface area contributed by atoms with Crippen molar-refractivity contribution in [2.75, 3.05) is 0 Å². The van der Waals surface area contributed by atoms with E-state index in [2.05, 4.69) is 0 Å². The third kappa shape index (κ3) is 4.27. The summed E-state index contributed by atoms with van der Waals surface area (Å²) in [5.41, 5.74) is 3.01. The molecule has 1 aromatic rings. The Morgan fingerprint density at radius 3 is 2.40 bits per heavy atom. The molecule has 0 aliphatic heterocycles. The predicted molar refractivity (Wildman–Crippen MR) is 61.6 cm³/mol. The fourth-order valence-corrected chi connectivity index (χ4v) is 1.15. The van der Waals surface area contributed by atoms with Crippen LogP contribution in [-0.2, 0) is 4.79 Å².